The van der Waals surface area contributed by atoms with Gasteiger partial charge in [0.05, 0.1) is 0 Å². The van der Waals surface area contributed by atoms with Crippen molar-refractivity contribution >= 4 is 6.29 Å². The molecule has 0 N–H and O–H groups in total. The van der Waals surface area contributed by atoms with Crippen LogP contribution in [0.4, 0.5) is 0 Å². The Morgan fingerprint density at radius 2 is 1.85 bits per heavy atom. The van der Waals surface area contributed by atoms with Crippen molar-refractivity contribution in [2.45, 2.75) is 46.5 Å². The predicted molar refractivity (Wildman–Crippen MR) is 57.7 cm³/mol. The minimum absolute atomic E-state index is 0.859. The van der Waals surface area contributed by atoms with Gasteiger partial charge in [-0.05, 0) is 39.2 Å². The van der Waals surface area contributed by atoms with Gasteiger partial charge in [0.2, 0.25) is 0 Å². The molecular weight excluding hydrogens is 160 g/mol. The number of hydrogen-bond acceptors (Lipinski definition) is 1. The molecule has 0 unspecified atom stereocenters. The second-order valence-corrected chi connectivity index (χ2v) is 3.49. The maximum absolute atomic E-state index is 10.1. The van der Waals surface area contributed by atoms with Crippen LogP contribution in [0.15, 0.2) is 23.3 Å². The zero-order chi connectivity index (χ0) is 10.1. The summed E-state index contributed by atoms with van der Waals surface area (Å²) in [4.78, 5) is 10.1. The molecule has 74 valence electrons. The number of carbonyl (C=O) groups is 1. The van der Waals surface area contributed by atoms with Crippen LogP contribution in [0.3, 0.4) is 0 Å². The molecule has 0 aromatic heterocycles. The van der Waals surface area contributed by atoms with Crippen LogP contribution < -0.4 is 0 Å². The van der Waals surface area contributed by atoms with E-state index in [1.54, 1.807) is 6.08 Å². The molecule has 0 atom stereocenters. The molecule has 0 radical (unpaired) electrons. The van der Waals surface area contributed by atoms with Crippen molar-refractivity contribution in [3.63, 3.8) is 0 Å². The third-order valence-corrected chi connectivity index (χ3v) is 2.03. The van der Waals surface area contributed by atoms with Gasteiger partial charge >= 0.3 is 0 Å². The molecule has 1 nitrogen and oxygen atoms in total. The Morgan fingerprint density at radius 3 is 2.38 bits per heavy atom. The predicted octanol–water partition coefficient (Wildman–Crippen LogP) is 3.66. The molecule has 0 aliphatic heterocycles. The van der Waals surface area contributed by atoms with Crippen LogP contribution in [0, 0.1) is 0 Å². The highest BCUT2D eigenvalue weighted by Gasteiger charge is 1.89. The molecule has 0 fully saturated rings. The van der Waals surface area contributed by atoms with Crippen LogP contribution in [-0.2, 0) is 4.79 Å². The number of carbonyl (C=O) groups excluding carboxylic acids is 1. The monoisotopic (exact) mass is 180 g/mol. The zero-order valence-corrected chi connectivity index (χ0v) is 8.97. The summed E-state index contributed by atoms with van der Waals surface area (Å²) in [5, 5.41) is 0. The van der Waals surface area contributed by atoms with Gasteiger partial charge in [0.1, 0.15) is 6.29 Å². The lowest BCUT2D eigenvalue weighted by Gasteiger charge is -1.98. The van der Waals surface area contributed by atoms with E-state index in [0.717, 1.165) is 24.7 Å². The summed E-state index contributed by atoms with van der Waals surface area (Å²) < 4.78 is 0. The lowest BCUT2D eigenvalue weighted by Crippen LogP contribution is -1.79. The first-order valence-electron chi connectivity index (χ1n) is 4.97. The molecule has 0 aliphatic carbocycles. The summed E-state index contributed by atoms with van der Waals surface area (Å²) in [5.41, 5.74) is 2.62. The van der Waals surface area contributed by atoms with E-state index in [2.05, 4.69) is 19.9 Å². The van der Waals surface area contributed by atoms with Gasteiger partial charge in [-0.3, -0.25) is 4.79 Å². The van der Waals surface area contributed by atoms with Crippen molar-refractivity contribution in [1.82, 2.24) is 0 Å². The Balaban J connectivity index is 3.71. The zero-order valence-electron chi connectivity index (χ0n) is 8.97. The van der Waals surface area contributed by atoms with Crippen LogP contribution in [0.1, 0.15) is 46.5 Å². The number of allylic oxidation sites excluding steroid dienone is 4. The normalized spacial score (nSPS) is 13.2. The molecule has 0 aromatic rings. The van der Waals surface area contributed by atoms with E-state index in [0.29, 0.717) is 0 Å². The van der Waals surface area contributed by atoms with Crippen LogP contribution in [0.25, 0.3) is 0 Å². The maximum Gasteiger partial charge on any atom is 0.142 e. The van der Waals surface area contributed by atoms with Gasteiger partial charge in [0, 0.05) is 0 Å². The summed E-state index contributed by atoms with van der Waals surface area (Å²) >= 11 is 0. The van der Waals surface area contributed by atoms with Crippen molar-refractivity contribution in [2.24, 2.45) is 0 Å². The first-order chi connectivity index (χ1) is 6.20. The topological polar surface area (TPSA) is 17.1 Å². The van der Waals surface area contributed by atoms with Crippen LogP contribution in [-0.4, -0.2) is 6.29 Å². The second-order valence-electron chi connectivity index (χ2n) is 3.49. The third kappa shape index (κ3) is 7.51. The lowest BCUT2D eigenvalue weighted by molar-refractivity contribution is -0.104. The van der Waals surface area contributed by atoms with E-state index < -0.39 is 0 Å². The molecule has 0 spiro atoms. The molecule has 0 aliphatic rings. The Morgan fingerprint density at radius 1 is 1.15 bits per heavy atom. The molecule has 13 heavy (non-hydrogen) atoms. The highest BCUT2D eigenvalue weighted by atomic mass is 16.1. The maximum atomic E-state index is 10.1. The van der Waals surface area contributed by atoms with Crippen molar-refractivity contribution < 1.29 is 4.79 Å². The smallest absolute Gasteiger partial charge is 0.142 e. The Hall–Kier alpha value is -0.850. The SMILES string of the molecule is CCC/C(C)=C/CC/C(C)=C/C=O. The largest absolute Gasteiger partial charge is 0.299 e. The Kier molecular flexibility index (Phi) is 7.27. The van der Waals surface area contributed by atoms with E-state index in [9.17, 15) is 4.79 Å². The van der Waals surface area contributed by atoms with E-state index in [1.165, 1.54) is 18.4 Å². The standard InChI is InChI=1S/C12H20O/c1-4-6-11(2)7-5-8-12(3)9-10-13/h7,9-10H,4-6,8H2,1-3H3/b11-7+,12-9+. The van der Waals surface area contributed by atoms with Gasteiger partial charge in [0.25, 0.3) is 0 Å². The quantitative estimate of drug-likeness (QED) is 0.346. The van der Waals surface area contributed by atoms with Crippen molar-refractivity contribution in [3.05, 3.63) is 23.3 Å². The van der Waals surface area contributed by atoms with Crippen LogP contribution >= 0.6 is 0 Å². The first kappa shape index (κ1) is 12.2. The molecule has 0 saturated heterocycles. The summed E-state index contributed by atoms with van der Waals surface area (Å²) in [6, 6.07) is 0. The third-order valence-electron chi connectivity index (χ3n) is 2.03. The summed E-state index contributed by atoms with van der Waals surface area (Å²) in [6.45, 7) is 6.36. The molecule has 0 heterocycles. The molecule has 0 amide bonds. The fourth-order valence-electron chi connectivity index (χ4n) is 1.24. The Labute approximate surface area is 81.5 Å². The summed E-state index contributed by atoms with van der Waals surface area (Å²) in [7, 11) is 0. The lowest BCUT2D eigenvalue weighted by atomic mass is 10.1. The van der Waals surface area contributed by atoms with Crippen molar-refractivity contribution in [2.75, 3.05) is 0 Å². The average molecular weight is 180 g/mol. The summed E-state index contributed by atoms with van der Waals surface area (Å²) in [6.07, 6.45) is 9.23. The minimum Gasteiger partial charge on any atom is -0.299 e. The van der Waals surface area contributed by atoms with E-state index in [1.807, 2.05) is 6.92 Å². The highest BCUT2D eigenvalue weighted by Crippen LogP contribution is 2.09. The molecule has 1 heteroatoms. The fourth-order valence-corrected chi connectivity index (χ4v) is 1.24. The van der Waals surface area contributed by atoms with Gasteiger partial charge in [-0.15, -0.1) is 0 Å². The molecule has 0 saturated carbocycles. The Bertz CT molecular complexity index is 199. The van der Waals surface area contributed by atoms with Crippen molar-refractivity contribution in [1.29, 1.82) is 0 Å². The minimum atomic E-state index is 0.859. The van der Waals surface area contributed by atoms with Crippen LogP contribution in [0.2, 0.25) is 0 Å². The molecular formula is C12H20O. The van der Waals surface area contributed by atoms with Gasteiger partial charge in [-0.2, -0.15) is 0 Å². The summed E-state index contributed by atoms with van der Waals surface area (Å²) in [5.74, 6) is 0. The van der Waals surface area contributed by atoms with E-state index >= 15 is 0 Å². The fraction of sp³-hybridized carbons (Fsp3) is 0.583. The number of rotatable bonds is 6. The van der Waals surface area contributed by atoms with Gasteiger partial charge in [-0.1, -0.05) is 30.6 Å². The van der Waals surface area contributed by atoms with Gasteiger partial charge in [-0.25, -0.2) is 0 Å². The van der Waals surface area contributed by atoms with Crippen LogP contribution in [0.5, 0.6) is 0 Å². The number of hydrogen-bond donors (Lipinski definition) is 0. The second kappa shape index (κ2) is 7.78. The van der Waals surface area contributed by atoms with E-state index in [4.69, 9.17) is 0 Å². The number of aldehydes is 1. The molecule has 0 bridgehead atoms. The highest BCUT2D eigenvalue weighted by molar-refractivity contribution is 5.65. The van der Waals surface area contributed by atoms with Gasteiger partial charge in [0.15, 0.2) is 0 Å². The first-order valence-corrected chi connectivity index (χ1v) is 4.97. The van der Waals surface area contributed by atoms with E-state index in [-0.39, 0.29) is 0 Å². The molecule has 0 aromatic carbocycles. The molecule has 0 rings (SSSR count). The average Bonchev–Trinajstić information content (AvgIpc) is 2.05. The van der Waals surface area contributed by atoms with Gasteiger partial charge < -0.3 is 0 Å². The van der Waals surface area contributed by atoms with Crippen molar-refractivity contribution in [3.8, 4) is 0 Å².